The number of hydrogen-bond acceptors (Lipinski definition) is 5. The molecule has 0 unspecified atom stereocenters. The summed E-state index contributed by atoms with van der Waals surface area (Å²) in [6, 6.07) is 4.91. The van der Waals surface area contributed by atoms with E-state index in [9.17, 15) is 19.4 Å². The van der Waals surface area contributed by atoms with Crippen molar-refractivity contribution in [3.63, 3.8) is 0 Å². The summed E-state index contributed by atoms with van der Waals surface area (Å²) >= 11 is 0. The van der Waals surface area contributed by atoms with Crippen molar-refractivity contribution in [3.8, 4) is 0 Å². The number of anilines is 1. The summed E-state index contributed by atoms with van der Waals surface area (Å²) in [5.41, 5.74) is 2.27. The lowest BCUT2D eigenvalue weighted by Gasteiger charge is -2.26. The second kappa shape index (κ2) is 11.8. The lowest BCUT2D eigenvalue weighted by atomic mass is 9.93. The van der Waals surface area contributed by atoms with Gasteiger partial charge in [0, 0.05) is 18.2 Å². The van der Waals surface area contributed by atoms with Gasteiger partial charge in [0.15, 0.2) is 0 Å². The number of ether oxygens (including phenoxy) is 1. The van der Waals surface area contributed by atoms with E-state index in [-0.39, 0.29) is 30.8 Å². The van der Waals surface area contributed by atoms with Gasteiger partial charge in [-0.15, -0.1) is 0 Å². The smallest absolute Gasteiger partial charge is 0.309 e. The third-order valence-electron chi connectivity index (χ3n) is 6.78. The van der Waals surface area contributed by atoms with Gasteiger partial charge in [0.2, 0.25) is 0 Å². The third kappa shape index (κ3) is 7.15. The summed E-state index contributed by atoms with van der Waals surface area (Å²) in [6.07, 6.45) is 9.07. The number of esters is 1. The molecule has 5 atom stereocenters. The minimum absolute atomic E-state index is 0.0102. The van der Waals surface area contributed by atoms with Gasteiger partial charge >= 0.3 is 5.97 Å². The largest absolute Gasteiger partial charge is 0.457 e. The molecule has 1 fully saturated rings. The molecule has 2 N–H and O–H groups in total. The first kappa shape index (κ1) is 25.4. The Kier molecular flexibility index (Phi) is 9.10. The van der Waals surface area contributed by atoms with Crippen LogP contribution in [0.25, 0.3) is 6.08 Å². The molecule has 0 bridgehead atoms. The standard InChI is InChI=1S/C27H38FNO4/c1-18-6-4-7-19(2)27(33-26(32)16-25(31)10-9-18)20(3)12-21-13-22(28)15-24(14-21)29-11-5-8-23(29)17-30/h4,7,12-15,18-19,23,25,27,30-31H,5-6,8-11,16-17H2,1-3H3/b7-4+,20-12+/t18-,19-,23+,25+,27-/m0/s1. The molecule has 182 valence electrons. The number of cyclic esters (lactones) is 1. The van der Waals surface area contributed by atoms with E-state index in [0.717, 1.165) is 43.5 Å². The molecule has 5 nitrogen and oxygen atoms in total. The number of carbonyl (C=O) groups is 1. The van der Waals surface area contributed by atoms with Crippen LogP contribution < -0.4 is 4.90 Å². The fourth-order valence-corrected chi connectivity index (χ4v) is 4.88. The van der Waals surface area contributed by atoms with E-state index in [1.165, 1.54) is 12.1 Å². The SMILES string of the molecule is C/C(=C\c1cc(F)cc(N2CCC[C@@H]2CO)c1)[C@H]1OC(=O)C[C@H](O)CC[C@@H](C)C/C=C/[C@@H]1C. The molecule has 1 saturated heterocycles. The molecular formula is C27H38FNO4. The molecule has 0 amide bonds. The van der Waals surface area contributed by atoms with E-state index in [2.05, 4.69) is 24.0 Å². The van der Waals surface area contributed by atoms with Crippen molar-refractivity contribution in [3.05, 3.63) is 47.3 Å². The number of allylic oxidation sites excluding steroid dienone is 1. The number of hydrogen-bond donors (Lipinski definition) is 2. The average Bonchev–Trinajstić information content (AvgIpc) is 3.24. The first-order valence-electron chi connectivity index (χ1n) is 12.2. The molecule has 6 heteroatoms. The van der Waals surface area contributed by atoms with Crippen LogP contribution in [0.15, 0.2) is 35.9 Å². The van der Waals surface area contributed by atoms with Crippen LogP contribution in [0.3, 0.4) is 0 Å². The maximum absolute atomic E-state index is 14.5. The van der Waals surface area contributed by atoms with Crippen molar-refractivity contribution in [1.29, 1.82) is 0 Å². The molecule has 3 rings (SSSR count). The quantitative estimate of drug-likeness (QED) is 0.497. The Hall–Kier alpha value is -2.18. The van der Waals surface area contributed by atoms with Gasteiger partial charge < -0.3 is 19.8 Å². The Morgan fingerprint density at radius 2 is 2.03 bits per heavy atom. The van der Waals surface area contributed by atoms with E-state index in [1.54, 1.807) is 0 Å². The van der Waals surface area contributed by atoms with Crippen molar-refractivity contribution < 1.29 is 24.1 Å². The van der Waals surface area contributed by atoms with E-state index in [4.69, 9.17) is 4.74 Å². The predicted molar refractivity (Wildman–Crippen MR) is 129 cm³/mol. The molecular weight excluding hydrogens is 421 g/mol. The summed E-state index contributed by atoms with van der Waals surface area (Å²) in [5, 5.41) is 19.9. The zero-order valence-electron chi connectivity index (χ0n) is 20.0. The highest BCUT2D eigenvalue weighted by molar-refractivity contribution is 5.71. The van der Waals surface area contributed by atoms with Gasteiger partial charge in [0.25, 0.3) is 0 Å². The van der Waals surface area contributed by atoms with Gasteiger partial charge in [-0.25, -0.2) is 4.39 Å². The predicted octanol–water partition coefficient (Wildman–Crippen LogP) is 4.87. The van der Waals surface area contributed by atoms with E-state index in [1.807, 2.05) is 26.0 Å². The molecule has 1 aromatic carbocycles. The van der Waals surface area contributed by atoms with Crippen molar-refractivity contribution in [1.82, 2.24) is 0 Å². The molecule has 33 heavy (non-hydrogen) atoms. The lowest BCUT2D eigenvalue weighted by Crippen LogP contribution is -2.32. The van der Waals surface area contributed by atoms with Gasteiger partial charge in [-0.2, -0.15) is 0 Å². The van der Waals surface area contributed by atoms with Crippen LogP contribution in [0.4, 0.5) is 10.1 Å². The Labute approximate surface area is 196 Å². The summed E-state index contributed by atoms with van der Waals surface area (Å²) in [6.45, 7) is 6.89. The number of aliphatic hydroxyl groups excluding tert-OH is 2. The maximum Gasteiger partial charge on any atom is 0.309 e. The van der Waals surface area contributed by atoms with Gasteiger partial charge in [0.05, 0.1) is 25.2 Å². The third-order valence-corrected chi connectivity index (χ3v) is 6.78. The number of halogens is 1. The fourth-order valence-electron chi connectivity index (χ4n) is 4.88. The molecule has 2 heterocycles. The fraction of sp³-hybridized carbons (Fsp3) is 0.593. The number of rotatable bonds is 4. The number of aliphatic hydroxyl groups is 2. The highest BCUT2D eigenvalue weighted by atomic mass is 19.1. The van der Waals surface area contributed by atoms with Crippen LogP contribution >= 0.6 is 0 Å². The minimum Gasteiger partial charge on any atom is -0.457 e. The Balaban J connectivity index is 1.87. The first-order valence-corrected chi connectivity index (χ1v) is 12.2. The Morgan fingerprint density at radius 1 is 1.24 bits per heavy atom. The monoisotopic (exact) mass is 459 g/mol. The van der Waals surface area contributed by atoms with Crippen molar-refractivity contribution in [2.45, 2.75) is 77.5 Å². The molecule has 0 radical (unpaired) electrons. The maximum atomic E-state index is 14.5. The highest BCUT2D eigenvalue weighted by Gasteiger charge is 2.26. The van der Waals surface area contributed by atoms with E-state index in [0.29, 0.717) is 17.9 Å². The highest BCUT2D eigenvalue weighted by Crippen LogP contribution is 2.29. The van der Waals surface area contributed by atoms with Crippen LogP contribution in [0.5, 0.6) is 0 Å². The van der Waals surface area contributed by atoms with Gasteiger partial charge in [-0.3, -0.25) is 4.79 Å². The number of carbonyl (C=O) groups excluding carboxylic acids is 1. The van der Waals surface area contributed by atoms with Crippen LogP contribution in [0.2, 0.25) is 0 Å². The molecule has 0 aromatic heterocycles. The van der Waals surface area contributed by atoms with Crippen LogP contribution in [-0.4, -0.2) is 47.6 Å². The average molecular weight is 460 g/mol. The van der Waals surface area contributed by atoms with Crippen molar-refractivity contribution in [2.24, 2.45) is 11.8 Å². The normalized spacial score (nSPS) is 31.0. The summed E-state index contributed by atoms with van der Waals surface area (Å²) in [7, 11) is 0. The second-order valence-corrected chi connectivity index (χ2v) is 9.78. The number of nitrogens with zero attached hydrogens (tertiary/aromatic N) is 1. The number of benzene rings is 1. The Morgan fingerprint density at radius 3 is 2.79 bits per heavy atom. The summed E-state index contributed by atoms with van der Waals surface area (Å²) < 4.78 is 20.3. The molecule has 0 aliphatic carbocycles. The minimum atomic E-state index is -0.700. The van der Waals surface area contributed by atoms with E-state index < -0.39 is 18.2 Å². The van der Waals surface area contributed by atoms with Gasteiger partial charge in [-0.1, -0.05) is 32.1 Å². The van der Waals surface area contributed by atoms with Gasteiger partial charge in [-0.05, 0) is 74.3 Å². The summed E-state index contributed by atoms with van der Waals surface area (Å²) in [4.78, 5) is 14.6. The zero-order chi connectivity index (χ0) is 24.0. The molecule has 2 aliphatic heterocycles. The zero-order valence-corrected chi connectivity index (χ0v) is 20.0. The Bertz CT molecular complexity index is 868. The van der Waals surface area contributed by atoms with Crippen LogP contribution in [0.1, 0.15) is 64.9 Å². The van der Waals surface area contributed by atoms with Gasteiger partial charge in [0.1, 0.15) is 11.9 Å². The summed E-state index contributed by atoms with van der Waals surface area (Å²) in [5.74, 6) is -0.376. The van der Waals surface area contributed by atoms with Crippen molar-refractivity contribution >= 4 is 17.7 Å². The van der Waals surface area contributed by atoms with Crippen molar-refractivity contribution in [2.75, 3.05) is 18.1 Å². The topological polar surface area (TPSA) is 70.0 Å². The second-order valence-electron chi connectivity index (χ2n) is 9.78. The molecule has 2 aliphatic rings. The van der Waals surface area contributed by atoms with Crippen LogP contribution in [0, 0.1) is 17.7 Å². The van der Waals surface area contributed by atoms with Crippen LogP contribution in [-0.2, 0) is 9.53 Å². The molecule has 0 saturated carbocycles. The lowest BCUT2D eigenvalue weighted by molar-refractivity contribution is -0.151. The molecule has 0 spiro atoms. The van der Waals surface area contributed by atoms with E-state index >= 15 is 0 Å². The molecule has 1 aromatic rings. The first-order chi connectivity index (χ1) is 15.8.